The Labute approximate surface area is 56.0 Å². The van der Waals surface area contributed by atoms with E-state index in [9.17, 15) is 22.2 Å². The molecule has 3 N–H and O–H groups in total. The molecule has 12 heavy (non-hydrogen) atoms. The van der Waals surface area contributed by atoms with Gasteiger partial charge in [0, 0.05) is 0 Å². The van der Waals surface area contributed by atoms with E-state index in [1.165, 1.54) is 0 Å². The van der Waals surface area contributed by atoms with Gasteiger partial charge in [0.1, 0.15) is 0 Å². The van der Waals surface area contributed by atoms with Gasteiger partial charge in [-0.05, 0) is 0 Å². The predicted octanol–water partition coefficient (Wildman–Crippen LogP) is 2.85. The predicted molar refractivity (Wildman–Crippen MR) is 15.6 cm³/mol. The van der Waals surface area contributed by atoms with Crippen LogP contribution in [0, 0.1) is 0 Å². The van der Waals surface area contributed by atoms with Gasteiger partial charge in [0.25, 0.3) is 0 Å². The Kier molecular flexibility index (Phi) is 1.51. The number of hydrogen-bond donors (Lipinski definition) is 1. The third-order valence-electron chi connectivity index (χ3n) is 0.418. The molecule has 0 aliphatic carbocycles. The molecule has 0 aromatic carbocycles. The van der Waals surface area contributed by atoms with Crippen molar-refractivity contribution in [2.24, 2.45) is 0 Å². The Balaban J connectivity index is 0. The van der Waals surface area contributed by atoms with E-state index < -0.39 is 18.3 Å². The summed E-state index contributed by atoms with van der Waals surface area (Å²) < 4.78 is 84.8. The summed E-state index contributed by atoms with van der Waals surface area (Å²) in [6.07, 6.45) is 0. The average molecular weight is 289 g/mol. The van der Waals surface area contributed by atoms with Crippen LogP contribution in [0.4, 0.5) is 22.2 Å². The summed E-state index contributed by atoms with van der Waals surface area (Å²) in [5, 5.41) is 0. The molecule has 0 spiro atoms. The minimum absolute atomic E-state index is 0. The molecule has 0 unspecified atom stereocenters. The Morgan fingerprint density at radius 3 is 1.00 bits per heavy atom. The molecule has 12 heteroatoms. The van der Waals surface area contributed by atoms with E-state index in [4.69, 9.17) is 2.81 Å². The van der Waals surface area contributed by atoms with Crippen LogP contribution in [0.5, 0.6) is 0 Å². The van der Waals surface area contributed by atoms with Crippen LogP contribution >= 0.6 is 0 Å². The molecule has 0 fully saturated rings. The molecule has 0 aliphatic rings. The van der Waals surface area contributed by atoms with Crippen molar-refractivity contribution in [3.8, 4) is 0 Å². The van der Waals surface area contributed by atoms with Crippen LogP contribution in [-0.4, -0.2) is 0 Å². The van der Waals surface area contributed by atoms with Crippen molar-refractivity contribution in [1.29, 1.82) is 0 Å². The molecule has 0 rings (SSSR count). The van der Waals surface area contributed by atoms with Gasteiger partial charge in [-0.25, -0.2) is 0 Å². The quantitative estimate of drug-likeness (QED) is 0.793. The summed E-state index contributed by atoms with van der Waals surface area (Å²) in [7, 11) is 0. The maximum absolute atomic E-state index is 14.6. The number of hydrogen-bond acceptors (Lipinski definition) is 4. The summed E-state index contributed by atoms with van der Waals surface area (Å²) in [5.41, 5.74) is 0. The first-order chi connectivity index (χ1) is 4.04. The fraction of sp³-hybridized carbons (Fsp3) is 0. The van der Waals surface area contributed by atoms with Crippen LogP contribution in [0.15, 0.2) is 0 Å². The summed E-state index contributed by atoms with van der Waals surface area (Å²) in [6.45, 7) is 0. The molecule has 0 aliphatic heterocycles. The molecule has 0 aromatic rings. The monoisotopic (exact) mass is 288 g/mol. The maximum atomic E-state index is 11.1. The third kappa shape index (κ3) is 4.19. The van der Waals surface area contributed by atoms with E-state index in [0.717, 1.165) is 0 Å². The van der Waals surface area contributed by atoms with E-state index in [1.807, 2.05) is 0 Å². The Morgan fingerprint density at radius 1 is 0.833 bits per heavy atom. The second-order valence-electron chi connectivity index (χ2n) is 2.28. The Bertz CT molecular complexity index is 308. The van der Waals surface area contributed by atoms with E-state index in [2.05, 4.69) is 0 Å². The first kappa shape index (κ1) is 14.6. The van der Waals surface area contributed by atoms with E-state index in [0.29, 0.717) is 0 Å². The second-order valence-corrected chi connectivity index (χ2v) is 13.5. The zero-order chi connectivity index (χ0) is 9.77. The number of rotatable bonds is 2. The molecule has 4 nitrogen and oxygen atoms in total. The molecular formula is H3F7NO3Zr. The molecule has 0 saturated carbocycles. The van der Waals surface area contributed by atoms with E-state index in [1.54, 1.807) is 0 Å². The van der Waals surface area contributed by atoms with Gasteiger partial charge in [0.05, 0.1) is 0 Å². The molecule has 0 saturated heterocycles. The van der Waals surface area contributed by atoms with Crippen LogP contribution in [0.1, 0.15) is 0 Å². The first-order valence-electron chi connectivity index (χ1n) is 1.87. The Hall–Kier alpha value is 0.0731. The van der Waals surface area contributed by atoms with Crippen molar-refractivity contribution in [1.82, 2.24) is 6.15 Å². The molecule has 0 radical (unpaired) electrons. The van der Waals surface area contributed by atoms with E-state index >= 15 is 0 Å². The van der Waals surface area contributed by atoms with Gasteiger partial charge < -0.3 is 6.15 Å². The first-order valence-corrected chi connectivity index (χ1v) is 9.52. The third-order valence-corrected chi connectivity index (χ3v) is 2.47. The standard InChI is InChI=1S/2FO.5FH.H3N.O.Zr/c2*1-2;;;;;;;;/h;;5*1H;1H3;;/q2*-1;;;;;;;;+7/p-5. The van der Waals surface area contributed by atoms with Crippen molar-refractivity contribution >= 4 is 0 Å². The van der Waals surface area contributed by atoms with Gasteiger partial charge in [-0.1, -0.05) is 0 Å². The van der Waals surface area contributed by atoms with Crippen molar-refractivity contribution in [3.63, 3.8) is 0 Å². The zero-order valence-corrected chi connectivity index (χ0v) is 7.54. The molecule has 79 valence electrons. The van der Waals surface area contributed by atoms with E-state index in [-0.39, 0.29) is 12.2 Å². The molecule has 0 aromatic heterocycles. The van der Waals surface area contributed by atoms with Gasteiger partial charge in [0.2, 0.25) is 0 Å². The molecule has 0 atom stereocenters. The summed E-state index contributed by atoms with van der Waals surface area (Å²) in [4.78, 5) is 0. The van der Waals surface area contributed by atoms with Gasteiger partial charge >= 0.3 is 49.3 Å². The fourth-order valence-electron chi connectivity index (χ4n) is 0.0119. The van der Waals surface area contributed by atoms with Gasteiger partial charge in [0.15, 0.2) is 0 Å². The van der Waals surface area contributed by atoms with Crippen LogP contribution in [-0.2, 0) is 27.1 Å². The molecular weight excluding hydrogens is 286 g/mol. The second kappa shape index (κ2) is 1.24. The van der Waals surface area contributed by atoms with Crippen molar-refractivity contribution in [2.75, 3.05) is 0 Å². The van der Waals surface area contributed by atoms with Crippen molar-refractivity contribution in [2.45, 2.75) is 0 Å². The average Bonchev–Trinajstić information content (AvgIpc) is 1.65. The molecule has 0 bridgehead atoms. The van der Waals surface area contributed by atoms with Gasteiger partial charge in [-0.15, -0.1) is 0 Å². The van der Waals surface area contributed by atoms with Gasteiger partial charge in [-0.2, -0.15) is 0 Å². The minimum atomic E-state index is -14.6. The summed E-state index contributed by atoms with van der Waals surface area (Å²) in [6, 6.07) is 0. The number of halogens is 7. The van der Waals surface area contributed by atoms with Gasteiger partial charge in [-0.3, -0.25) is 0 Å². The Morgan fingerprint density at radius 2 is 1.00 bits per heavy atom. The van der Waals surface area contributed by atoms with Crippen molar-refractivity contribution in [3.05, 3.63) is 0 Å². The van der Waals surface area contributed by atoms with Crippen LogP contribution in [0.3, 0.4) is 0 Å². The molecule has 0 amide bonds. The summed E-state index contributed by atoms with van der Waals surface area (Å²) in [5.74, 6) is 0. The van der Waals surface area contributed by atoms with Crippen LogP contribution in [0.2, 0.25) is 0 Å². The fourth-order valence-corrected chi connectivity index (χ4v) is 0.0704. The SMILES string of the molecule is N.[O]=[Zr]([F])([F])([F])([F])([F])([O]F)[O]F. The van der Waals surface area contributed by atoms with Crippen molar-refractivity contribution < 1.29 is 49.3 Å². The van der Waals surface area contributed by atoms with Crippen LogP contribution in [0.25, 0.3) is 0 Å². The molecule has 0 heterocycles. The zero-order valence-electron chi connectivity index (χ0n) is 5.08. The topological polar surface area (TPSA) is 70.5 Å². The van der Waals surface area contributed by atoms with Crippen LogP contribution < -0.4 is 6.15 Å². The normalized spacial score (nSPS) is 25.2. The summed E-state index contributed by atoms with van der Waals surface area (Å²) >= 11 is -14.6.